The van der Waals surface area contributed by atoms with Crippen molar-refractivity contribution in [2.45, 2.75) is 32.6 Å². The summed E-state index contributed by atoms with van der Waals surface area (Å²) in [6.07, 6.45) is 8.15. The third-order valence-electron chi connectivity index (χ3n) is 5.13. The van der Waals surface area contributed by atoms with Gasteiger partial charge in [-0.25, -0.2) is 9.97 Å². The SMILES string of the molecule is CCc1cnc(NC(=O)C2CC23CN(C(=O)CCc2ncc[nH]2)C3)s1. The highest BCUT2D eigenvalue weighted by atomic mass is 32.1. The number of aromatic nitrogens is 3. The molecule has 0 radical (unpaired) electrons. The van der Waals surface area contributed by atoms with Crippen LogP contribution in [0.3, 0.4) is 0 Å². The van der Waals surface area contributed by atoms with Crippen LogP contribution in [0.25, 0.3) is 0 Å². The Morgan fingerprint density at radius 1 is 1.44 bits per heavy atom. The molecule has 7 nitrogen and oxygen atoms in total. The van der Waals surface area contributed by atoms with Gasteiger partial charge in [0.15, 0.2) is 5.13 Å². The van der Waals surface area contributed by atoms with Gasteiger partial charge in [-0.15, -0.1) is 11.3 Å². The summed E-state index contributed by atoms with van der Waals surface area (Å²) in [5.74, 6) is 1.03. The third kappa shape index (κ3) is 3.18. The summed E-state index contributed by atoms with van der Waals surface area (Å²) in [6, 6.07) is 0. The molecule has 2 aliphatic rings. The van der Waals surface area contributed by atoms with Gasteiger partial charge in [0.25, 0.3) is 0 Å². The fourth-order valence-corrected chi connectivity index (χ4v) is 4.25. The first-order valence-electron chi connectivity index (χ1n) is 8.61. The highest BCUT2D eigenvalue weighted by Gasteiger charge is 2.65. The van der Waals surface area contributed by atoms with Crippen LogP contribution in [0.2, 0.25) is 0 Å². The average Bonchev–Trinajstić information content (AvgIpc) is 2.92. The molecule has 25 heavy (non-hydrogen) atoms. The summed E-state index contributed by atoms with van der Waals surface area (Å²) >= 11 is 1.53. The van der Waals surface area contributed by atoms with E-state index in [2.05, 4.69) is 27.2 Å². The lowest BCUT2D eigenvalue weighted by atomic mass is 9.92. The number of nitrogens with one attached hydrogen (secondary N) is 2. The maximum absolute atomic E-state index is 12.4. The lowest BCUT2D eigenvalue weighted by Gasteiger charge is -2.40. The zero-order chi connectivity index (χ0) is 17.4. The predicted octanol–water partition coefficient (Wildman–Crippen LogP) is 1.85. The predicted molar refractivity (Wildman–Crippen MR) is 94.2 cm³/mol. The largest absolute Gasteiger partial charge is 0.349 e. The maximum Gasteiger partial charge on any atom is 0.229 e. The van der Waals surface area contributed by atoms with E-state index in [9.17, 15) is 9.59 Å². The number of likely N-dealkylation sites (tertiary alicyclic amines) is 1. The second kappa shape index (κ2) is 6.25. The molecule has 2 N–H and O–H groups in total. The van der Waals surface area contributed by atoms with E-state index in [1.807, 2.05) is 11.1 Å². The Labute approximate surface area is 149 Å². The maximum atomic E-state index is 12.4. The number of carbonyl (C=O) groups excluding carboxylic acids is 2. The molecule has 1 atom stereocenters. The molecule has 1 saturated heterocycles. The molecule has 1 unspecified atom stereocenters. The van der Waals surface area contributed by atoms with Gasteiger partial charge < -0.3 is 15.2 Å². The van der Waals surface area contributed by atoms with Crippen LogP contribution in [0.4, 0.5) is 5.13 Å². The van der Waals surface area contributed by atoms with Crippen molar-refractivity contribution in [2.75, 3.05) is 18.4 Å². The van der Waals surface area contributed by atoms with Gasteiger partial charge in [0.1, 0.15) is 5.82 Å². The summed E-state index contributed by atoms with van der Waals surface area (Å²) in [6.45, 7) is 3.46. The lowest BCUT2D eigenvalue weighted by Crippen LogP contribution is -2.53. The van der Waals surface area contributed by atoms with Crippen molar-refractivity contribution in [3.63, 3.8) is 0 Å². The van der Waals surface area contributed by atoms with Gasteiger partial charge in [-0.2, -0.15) is 0 Å². The molecule has 2 aromatic rings. The Morgan fingerprint density at radius 3 is 2.96 bits per heavy atom. The van der Waals surface area contributed by atoms with Gasteiger partial charge in [0, 0.05) is 60.7 Å². The molecule has 2 fully saturated rings. The number of H-pyrrole nitrogens is 1. The van der Waals surface area contributed by atoms with Crippen LogP contribution < -0.4 is 5.32 Å². The standard InChI is InChI=1S/C17H21N5O2S/c1-2-11-8-20-16(25-11)21-15(24)12-7-17(12)9-22(10-17)14(23)4-3-13-18-5-6-19-13/h5-6,8,12H,2-4,7,9-10H2,1H3,(H,18,19)(H,20,21,24). The molecule has 1 saturated carbocycles. The first-order valence-corrected chi connectivity index (χ1v) is 9.43. The van der Waals surface area contributed by atoms with Gasteiger partial charge in [-0.1, -0.05) is 6.92 Å². The summed E-state index contributed by atoms with van der Waals surface area (Å²) in [4.78, 5) is 39.0. The fraction of sp³-hybridized carbons (Fsp3) is 0.529. The number of thiazole rings is 1. The number of aryl methyl sites for hydroxylation is 2. The molecular formula is C17H21N5O2S. The van der Waals surface area contributed by atoms with Crippen LogP contribution in [0.1, 0.15) is 30.5 Å². The normalized spacial score (nSPS) is 20.4. The fourth-order valence-electron chi connectivity index (χ4n) is 3.50. The minimum Gasteiger partial charge on any atom is -0.349 e. The molecule has 2 amide bonds. The summed E-state index contributed by atoms with van der Waals surface area (Å²) in [5.41, 5.74) is 0.00920. The lowest BCUT2D eigenvalue weighted by molar-refractivity contribution is -0.140. The van der Waals surface area contributed by atoms with E-state index in [4.69, 9.17) is 0 Å². The van der Waals surface area contributed by atoms with Crippen LogP contribution in [-0.2, 0) is 22.4 Å². The zero-order valence-electron chi connectivity index (χ0n) is 14.1. The van der Waals surface area contributed by atoms with Crippen molar-refractivity contribution in [2.24, 2.45) is 11.3 Å². The molecule has 2 aromatic heterocycles. The smallest absolute Gasteiger partial charge is 0.229 e. The summed E-state index contributed by atoms with van der Waals surface area (Å²) in [7, 11) is 0. The number of hydrogen-bond acceptors (Lipinski definition) is 5. The Hall–Kier alpha value is -2.22. The molecule has 0 aromatic carbocycles. The zero-order valence-corrected chi connectivity index (χ0v) is 14.9. The molecule has 1 aliphatic carbocycles. The van der Waals surface area contributed by atoms with E-state index in [1.165, 1.54) is 11.3 Å². The molecular weight excluding hydrogens is 338 g/mol. The highest BCUT2D eigenvalue weighted by Crippen LogP contribution is 2.59. The van der Waals surface area contributed by atoms with Crippen molar-refractivity contribution >= 4 is 28.3 Å². The van der Waals surface area contributed by atoms with E-state index in [0.717, 1.165) is 23.5 Å². The number of imidazole rings is 1. The molecule has 3 heterocycles. The van der Waals surface area contributed by atoms with E-state index in [-0.39, 0.29) is 23.1 Å². The molecule has 132 valence electrons. The third-order valence-corrected chi connectivity index (χ3v) is 6.19. The van der Waals surface area contributed by atoms with Crippen LogP contribution in [0.15, 0.2) is 18.6 Å². The quantitative estimate of drug-likeness (QED) is 0.823. The van der Waals surface area contributed by atoms with Gasteiger partial charge >= 0.3 is 0 Å². The van der Waals surface area contributed by atoms with Crippen LogP contribution >= 0.6 is 11.3 Å². The summed E-state index contributed by atoms with van der Waals surface area (Å²) in [5, 5.41) is 3.60. The van der Waals surface area contributed by atoms with Crippen LogP contribution in [0.5, 0.6) is 0 Å². The molecule has 8 heteroatoms. The number of rotatable bonds is 6. The van der Waals surface area contributed by atoms with Crippen molar-refractivity contribution in [1.82, 2.24) is 19.9 Å². The molecule has 4 rings (SSSR count). The summed E-state index contributed by atoms with van der Waals surface area (Å²) < 4.78 is 0. The monoisotopic (exact) mass is 359 g/mol. The second-order valence-corrected chi connectivity index (χ2v) is 7.99. The van der Waals surface area contributed by atoms with E-state index in [1.54, 1.807) is 12.4 Å². The number of amides is 2. The van der Waals surface area contributed by atoms with Crippen molar-refractivity contribution in [3.05, 3.63) is 29.3 Å². The van der Waals surface area contributed by atoms with Gasteiger partial charge in [-0.05, 0) is 12.8 Å². The second-order valence-electron chi connectivity index (χ2n) is 6.88. The van der Waals surface area contributed by atoms with Crippen LogP contribution in [-0.4, -0.2) is 44.8 Å². The number of aromatic amines is 1. The Bertz CT molecular complexity index is 779. The molecule has 1 aliphatic heterocycles. The minimum atomic E-state index is 0.00920. The van der Waals surface area contributed by atoms with Gasteiger partial charge in [0.2, 0.25) is 11.8 Å². The Balaban J connectivity index is 1.23. The van der Waals surface area contributed by atoms with Crippen molar-refractivity contribution in [3.8, 4) is 0 Å². The van der Waals surface area contributed by atoms with Gasteiger partial charge in [-0.3, -0.25) is 9.59 Å². The van der Waals surface area contributed by atoms with E-state index >= 15 is 0 Å². The first kappa shape index (κ1) is 16.3. The van der Waals surface area contributed by atoms with Crippen molar-refractivity contribution < 1.29 is 9.59 Å². The minimum absolute atomic E-state index is 0.00920. The first-order chi connectivity index (χ1) is 12.1. The van der Waals surface area contributed by atoms with E-state index < -0.39 is 0 Å². The Kier molecular flexibility index (Phi) is 4.07. The number of nitrogens with zero attached hydrogens (tertiary/aromatic N) is 3. The van der Waals surface area contributed by atoms with Crippen LogP contribution in [0, 0.1) is 11.3 Å². The average molecular weight is 359 g/mol. The van der Waals surface area contributed by atoms with Gasteiger partial charge in [0.05, 0.1) is 0 Å². The number of anilines is 1. The number of carbonyl (C=O) groups is 2. The topological polar surface area (TPSA) is 91.0 Å². The highest BCUT2D eigenvalue weighted by molar-refractivity contribution is 7.15. The van der Waals surface area contributed by atoms with Crippen molar-refractivity contribution in [1.29, 1.82) is 0 Å². The van der Waals surface area contributed by atoms with E-state index in [0.29, 0.717) is 31.1 Å². The Morgan fingerprint density at radius 2 is 2.28 bits per heavy atom. The number of hydrogen-bond donors (Lipinski definition) is 2. The molecule has 0 bridgehead atoms. The molecule has 1 spiro atoms.